The Labute approximate surface area is 187 Å². The quantitative estimate of drug-likeness (QED) is 0.618. The second kappa shape index (κ2) is 10.1. The van der Waals surface area contributed by atoms with Crippen LogP contribution in [0, 0.1) is 23.4 Å². The van der Waals surface area contributed by atoms with Crippen molar-refractivity contribution < 1.29 is 26.6 Å². The van der Waals surface area contributed by atoms with Gasteiger partial charge in [-0.3, -0.25) is 4.79 Å². The monoisotopic (exact) mass is 470 g/mol. The molecule has 2 aromatic rings. The lowest BCUT2D eigenvalue weighted by Crippen LogP contribution is -2.49. The van der Waals surface area contributed by atoms with Gasteiger partial charge < -0.3 is 4.90 Å². The molecule has 32 heavy (non-hydrogen) atoms. The summed E-state index contributed by atoms with van der Waals surface area (Å²) in [5.41, 5.74) is -0.227. The lowest BCUT2D eigenvalue weighted by molar-refractivity contribution is -0.135. The molecule has 9 heteroatoms. The molecule has 1 unspecified atom stereocenters. The number of nitrogens with one attached hydrogen (secondary N) is 1. The number of nitrogens with zero attached hydrogens (tertiary/aromatic N) is 1. The first-order chi connectivity index (χ1) is 15.1. The molecule has 0 spiro atoms. The molecule has 2 aromatic carbocycles. The lowest BCUT2D eigenvalue weighted by Gasteiger charge is -2.30. The predicted octanol–water partition coefficient (Wildman–Crippen LogP) is 4.16. The number of likely N-dealkylation sites (tertiary alicyclic amines) is 1. The van der Waals surface area contributed by atoms with Gasteiger partial charge in [0.1, 0.15) is 12.0 Å². The number of carbonyl (C=O) groups excluding carboxylic acids is 1. The highest BCUT2D eigenvalue weighted by atomic mass is 32.2. The van der Waals surface area contributed by atoms with Crippen molar-refractivity contribution in [1.29, 1.82) is 0 Å². The van der Waals surface area contributed by atoms with Crippen molar-refractivity contribution >= 4 is 16.9 Å². The van der Waals surface area contributed by atoms with E-state index >= 15 is 4.39 Å². The number of benzene rings is 2. The van der Waals surface area contributed by atoms with Gasteiger partial charge in [-0.05, 0) is 18.1 Å². The molecule has 4 nitrogen and oxygen atoms in total. The average molecular weight is 471 g/mol. The van der Waals surface area contributed by atoms with Crippen LogP contribution in [0.2, 0.25) is 0 Å². The molecule has 1 aliphatic heterocycles. The SMILES string of the molecule is CCS(=O)N[C@H]1[C@@H](F)CN(C(=O)C(C)C)[C@H]1Cc1cccc(-c2cccc(F)c2F)c1F. The van der Waals surface area contributed by atoms with E-state index in [0.717, 1.165) is 6.07 Å². The third kappa shape index (κ3) is 4.88. The molecule has 1 amide bonds. The van der Waals surface area contributed by atoms with Crippen molar-refractivity contribution in [3.63, 3.8) is 0 Å². The molecule has 0 bridgehead atoms. The van der Waals surface area contributed by atoms with Crippen LogP contribution < -0.4 is 4.72 Å². The van der Waals surface area contributed by atoms with Gasteiger partial charge in [-0.25, -0.2) is 26.5 Å². The molecule has 1 saturated heterocycles. The molecule has 4 atom stereocenters. The molecular weight excluding hydrogens is 444 g/mol. The van der Waals surface area contributed by atoms with Crippen molar-refractivity contribution in [1.82, 2.24) is 9.62 Å². The highest BCUT2D eigenvalue weighted by Crippen LogP contribution is 2.32. The summed E-state index contributed by atoms with van der Waals surface area (Å²) in [4.78, 5) is 14.1. The first kappa shape index (κ1) is 24.4. The van der Waals surface area contributed by atoms with Crippen molar-refractivity contribution in [3.05, 3.63) is 59.4 Å². The maximum atomic E-state index is 15.4. The first-order valence-corrected chi connectivity index (χ1v) is 11.8. The van der Waals surface area contributed by atoms with E-state index in [1.807, 2.05) is 0 Å². The molecule has 1 fully saturated rings. The second-order valence-electron chi connectivity index (χ2n) is 8.09. The molecule has 0 saturated carbocycles. The Morgan fingerprint density at radius 3 is 2.38 bits per heavy atom. The fraction of sp³-hybridized carbons (Fsp3) is 0.435. The summed E-state index contributed by atoms with van der Waals surface area (Å²) in [6.45, 7) is 4.85. The third-order valence-corrected chi connectivity index (χ3v) is 6.69. The molecule has 1 heterocycles. The summed E-state index contributed by atoms with van der Waals surface area (Å²) in [7, 11) is -1.51. The summed E-state index contributed by atoms with van der Waals surface area (Å²) in [6, 6.07) is 6.06. The van der Waals surface area contributed by atoms with Crippen LogP contribution in [0.1, 0.15) is 26.3 Å². The van der Waals surface area contributed by atoms with Gasteiger partial charge >= 0.3 is 0 Å². The normalized spacial score (nSPS) is 21.9. The smallest absolute Gasteiger partial charge is 0.225 e. The highest BCUT2D eigenvalue weighted by molar-refractivity contribution is 7.83. The van der Waals surface area contributed by atoms with Crippen LogP contribution in [0.4, 0.5) is 17.6 Å². The van der Waals surface area contributed by atoms with Crippen LogP contribution >= 0.6 is 0 Å². The van der Waals surface area contributed by atoms with Crippen LogP contribution in [0.15, 0.2) is 36.4 Å². The number of carbonyl (C=O) groups is 1. The molecule has 1 aliphatic rings. The maximum absolute atomic E-state index is 15.4. The van der Waals surface area contributed by atoms with Crippen molar-refractivity contribution in [2.24, 2.45) is 5.92 Å². The number of hydrogen-bond donors (Lipinski definition) is 1. The third-order valence-electron chi connectivity index (χ3n) is 5.63. The summed E-state index contributed by atoms with van der Waals surface area (Å²) in [5.74, 6) is -3.48. The Hall–Kier alpha value is -2.26. The van der Waals surface area contributed by atoms with E-state index in [9.17, 15) is 22.2 Å². The zero-order chi connectivity index (χ0) is 23.6. The van der Waals surface area contributed by atoms with Gasteiger partial charge in [0.15, 0.2) is 11.6 Å². The van der Waals surface area contributed by atoms with Gasteiger partial charge in [0, 0.05) is 22.8 Å². The Kier molecular flexibility index (Phi) is 7.71. The van der Waals surface area contributed by atoms with Gasteiger partial charge in [0.2, 0.25) is 5.91 Å². The lowest BCUT2D eigenvalue weighted by atomic mass is 9.95. The number of hydrogen-bond acceptors (Lipinski definition) is 2. The maximum Gasteiger partial charge on any atom is 0.225 e. The van der Waals surface area contributed by atoms with E-state index in [1.165, 1.54) is 35.2 Å². The number of alkyl halides is 1. The summed E-state index contributed by atoms with van der Waals surface area (Å²) >= 11 is 0. The highest BCUT2D eigenvalue weighted by Gasteiger charge is 2.45. The van der Waals surface area contributed by atoms with Crippen LogP contribution in [-0.4, -0.2) is 45.6 Å². The second-order valence-corrected chi connectivity index (χ2v) is 9.59. The van der Waals surface area contributed by atoms with E-state index in [1.54, 1.807) is 20.8 Å². The largest absolute Gasteiger partial charge is 0.334 e. The van der Waals surface area contributed by atoms with Crippen molar-refractivity contribution in [2.75, 3.05) is 12.3 Å². The molecule has 0 radical (unpaired) electrons. The Balaban J connectivity index is 2.00. The van der Waals surface area contributed by atoms with Crippen molar-refractivity contribution in [3.8, 4) is 11.1 Å². The first-order valence-electron chi connectivity index (χ1n) is 10.5. The molecule has 0 aromatic heterocycles. The summed E-state index contributed by atoms with van der Waals surface area (Å²) in [5, 5.41) is 0. The number of rotatable bonds is 7. The van der Waals surface area contributed by atoms with Crippen LogP contribution in [0.25, 0.3) is 11.1 Å². The molecule has 174 valence electrons. The Morgan fingerprint density at radius 1 is 1.12 bits per heavy atom. The van der Waals surface area contributed by atoms with Gasteiger partial charge in [-0.1, -0.05) is 51.1 Å². The minimum Gasteiger partial charge on any atom is -0.334 e. The van der Waals surface area contributed by atoms with E-state index in [-0.39, 0.29) is 41.3 Å². The van der Waals surface area contributed by atoms with Crippen LogP contribution in [-0.2, 0) is 22.2 Å². The minimum absolute atomic E-state index is 0.0753. The minimum atomic E-state index is -1.51. The van der Waals surface area contributed by atoms with Crippen LogP contribution in [0.3, 0.4) is 0 Å². The average Bonchev–Trinajstić information content (AvgIpc) is 3.06. The molecule has 0 aliphatic carbocycles. The summed E-state index contributed by atoms with van der Waals surface area (Å²) < 4.78 is 73.0. The van der Waals surface area contributed by atoms with Gasteiger partial charge in [0.25, 0.3) is 0 Å². The van der Waals surface area contributed by atoms with Gasteiger partial charge in [-0.2, -0.15) is 0 Å². The van der Waals surface area contributed by atoms with Crippen molar-refractivity contribution in [2.45, 2.75) is 45.4 Å². The Bertz CT molecular complexity index is 1020. The topological polar surface area (TPSA) is 49.4 Å². The Morgan fingerprint density at radius 2 is 1.75 bits per heavy atom. The zero-order valence-corrected chi connectivity index (χ0v) is 18.9. The molecule has 1 N–H and O–H groups in total. The fourth-order valence-electron chi connectivity index (χ4n) is 3.96. The summed E-state index contributed by atoms with van der Waals surface area (Å²) in [6.07, 6.45) is -1.56. The predicted molar refractivity (Wildman–Crippen MR) is 116 cm³/mol. The number of halogens is 4. The van der Waals surface area contributed by atoms with Crippen LogP contribution in [0.5, 0.6) is 0 Å². The fourth-order valence-corrected chi connectivity index (χ4v) is 4.74. The van der Waals surface area contributed by atoms with E-state index in [0.29, 0.717) is 0 Å². The van der Waals surface area contributed by atoms with E-state index in [2.05, 4.69) is 4.72 Å². The molecule has 3 rings (SSSR count). The van der Waals surface area contributed by atoms with E-state index < -0.39 is 52.6 Å². The standard InChI is InChI=1S/C23H26F4N2O2S/c1-4-32(31)28-22-18(25)12-29(23(30)13(2)3)19(22)11-14-7-5-8-15(20(14)26)16-9-6-10-17(24)21(16)27/h5-10,13,18-19,22,28H,4,11-12H2,1-3H3/t18-,19-,22-,32?/m0/s1. The molecular formula is C23H26F4N2O2S. The van der Waals surface area contributed by atoms with Gasteiger partial charge in [0.05, 0.1) is 29.6 Å². The van der Waals surface area contributed by atoms with Gasteiger partial charge in [-0.15, -0.1) is 0 Å². The van der Waals surface area contributed by atoms with E-state index in [4.69, 9.17) is 0 Å². The number of amides is 1. The zero-order valence-electron chi connectivity index (χ0n) is 18.1.